The number of fused-ring (bicyclic) bond motifs is 3. The molecule has 168 valence electrons. The molecule has 1 fully saturated rings. The third kappa shape index (κ3) is 3.18. The fourth-order valence-corrected chi connectivity index (χ4v) is 6.79. The molecule has 0 radical (unpaired) electrons. The van der Waals surface area contributed by atoms with Gasteiger partial charge in [-0.05, 0) is 47.0 Å². The van der Waals surface area contributed by atoms with Crippen molar-refractivity contribution in [3.63, 3.8) is 0 Å². The van der Waals surface area contributed by atoms with Crippen LogP contribution in [0.1, 0.15) is 24.0 Å². The Kier molecular flexibility index (Phi) is 5.10. The van der Waals surface area contributed by atoms with Gasteiger partial charge in [0.05, 0.1) is 18.8 Å². The number of nitrogens with one attached hydrogen (secondary N) is 1. The van der Waals surface area contributed by atoms with Crippen LogP contribution in [-0.2, 0) is 4.74 Å². The van der Waals surface area contributed by atoms with Crippen molar-refractivity contribution in [1.82, 2.24) is 10.2 Å². The Morgan fingerprint density at radius 2 is 2.03 bits per heavy atom. The lowest BCUT2D eigenvalue weighted by atomic mass is 9.80. The van der Waals surface area contributed by atoms with Crippen LogP contribution in [-0.4, -0.2) is 49.0 Å². The van der Waals surface area contributed by atoms with Crippen molar-refractivity contribution in [2.45, 2.75) is 23.8 Å². The number of likely N-dealkylation sites (tertiary alicyclic amines) is 1. The van der Waals surface area contributed by atoms with Crippen molar-refractivity contribution in [3.05, 3.63) is 63.0 Å². The number of guanidine groups is 1. The summed E-state index contributed by atoms with van der Waals surface area (Å²) in [6, 6.07) is 5.22. The Bertz CT molecular complexity index is 1280. The first-order valence-electron chi connectivity index (χ1n) is 11.0. The Labute approximate surface area is 198 Å². The smallest absolute Gasteiger partial charge is 0.198 e. The summed E-state index contributed by atoms with van der Waals surface area (Å²) in [6.07, 6.45) is 4.34. The number of hydrogen-bond donors (Lipinski definition) is 2. The molecule has 0 spiro atoms. The van der Waals surface area contributed by atoms with Gasteiger partial charge in [0.2, 0.25) is 0 Å². The van der Waals surface area contributed by atoms with Gasteiger partial charge in [0, 0.05) is 52.3 Å². The van der Waals surface area contributed by atoms with E-state index in [0.29, 0.717) is 41.4 Å². The lowest BCUT2D eigenvalue weighted by Crippen LogP contribution is -2.42. The topological polar surface area (TPSA) is 86.7 Å². The number of thioether (sulfide) groups is 1. The molecule has 33 heavy (non-hydrogen) atoms. The van der Waals surface area contributed by atoms with E-state index in [9.17, 15) is 5.26 Å². The number of benzene rings is 1. The molecule has 0 aromatic heterocycles. The minimum Gasteiger partial charge on any atom is -0.400 e. The molecular weight excluding hydrogens is 456 g/mol. The van der Waals surface area contributed by atoms with E-state index < -0.39 is 0 Å². The third-order valence-electron chi connectivity index (χ3n) is 6.83. The van der Waals surface area contributed by atoms with E-state index in [4.69, 9.17) is 15.5 Å². The average Bonchev–Trinajstić information content (AvgIpc) is 3.53. The quantitative estimate of drug-likeness (QED) is 0.601. The zero-order chi connectivity index (χ0) is 22.7. The standard InChI is InChI=1S/C24H23FN5OPS/c25-16-3-4-18-19(12(7-26)17(27)11-33-18)21(16)20-15-10-31-9-14(15)13-8-28-24(29-22(13)23(20)32)30-5-1-2-6-30/h3-4,8,22H,1-2,5-6,9-11,27,32H2,(H,28,29). The predicted molar refractivity (Wildman–Crippen MR) is 132 cm³/mol. The number of nitrogens with zero attached hydrogens (tertiary/aromatic N) is 3. The molecule has 9 heteroatoms. The Morgan fingerprint density at radius 1 is 1.24 bits per heavy atom. The van der Waals surface area contributed by atoms with E-state index in [2.05, 4.69) is 25.5 Å². The molecule has 4 heterocycles. The summed E-state index contributed by atoms with van der Waals surface area (Å²) in [4.78, 5) is 8.20. The number of rotatable bonds is 1. The fraction of sp³-hybridized carbons (Fsp3) is 0.333. The highest BCUT2D eigenvalue weighted by molar-refractivity contribution is 7.99. The summed E-state index contributed by atoms with van der Waals surface area (Å²) >= 11 is 1.54. The van der Waals surface area contributed by atoms with Gasteiger partial charge in [-0.1, -0.05) is 0 Å². The minimum atomic E-state index is -0.365. The molecule has 2 atom stereocenters. The molecule has 5 aliphatic rings. The van der Waals surface area contributed by atoms with Crippen molar-refractivity contribution in [1.29, 1.82) is 5.26 Å². The molecular formula is C24H23FN5OPS. The van der Waals surface area contributed by atoms with Crippen LogP contribution in [0.3, 0.4) is 0 Å². The van der Waals surface area contributed by atoms with Crippen molar-refractivity contribution in [2.75, 3.05) is 32.1 Å². The monoisotopic (exact) mass is 479 g/mol. The highest BCUT2D eigenvalue weighted by Crippen LogP contribution is 2.50. The summed E-state index contributed by atoms with van der Waals surface area (Å²) in [5, 5.41) is 14.2. The number of ether oxygens (including phenoxy) is 1. The van der Waals surface area contributed by atoms with Gasteiger partial charge >= 0.3 is 0 Å². The normalized spacial score (nSPS) is 24.2. The van der Waals surface area contributed by atoms with Crippen LogP contribution in [0.2, 0.25) is 0 Å². The number of halogens is 1. The van der Waals surface area contributed by atoms with Crippen molar-refractivity contribution >= 4 is 38.1 Å². The fourth-order valence-electron chi connectivity index (χ4n) is 5.24. The van der Waals surface area contributed by atoms with Gasteiger partial charge in [-0.15, -0.1) is 21.0 Å². The SMILES string of the molecule is N#CC1=C(N)CSc2ccc(F)c(C3=C(P)C4N=C(N5CCCC5)NC=C4C4=C3COC4)c21. The first kappa shape index (κ1) is 21.0. The molecule has 6 rings (SSSR count). The van der Waals surface area contributed by atoms with Crippen LogP contribution < -0.4 is 11.1 Å². The maximum atomic E-state index is 15.6. The van der Waals surface area contributed by atoms with Crippen LogP contribution in [0.4, 0.5) is 4.39 Å². The van der Waals surface area contributed by atoms with Gasteiger partial charge in [0.15, 0.2) is 5.96 Å². The van der Waals surface area contributed by atoms with Crippen LogP contribution in [0, 0.1) is 17.1 Å². The first-order valence-corrected chi connectivity index (χ1v) is 12.6. The zero-order valence-electron chi connectivity index (χ0n) is 17.9. The summed E-state index contributed by atoms with van der Waals surface area (Å²) in [5.74, 6) is 1.02. The van der Waals surface area contributed by atoms with Gasteiger partial charge in [0.1, 0.15) is 17.9 Å². The highest BCUT2D eigenvalue weighted by Gasteiger charge is 2.39. The van der Waals surface area contributed by atoms with Crippen LogP contribution >= 0.6 is 21.0 Å². The van der Waals surface area contributed by atoms with Crippen LogP contribution in [0.25, 0.3) is 11.1 Å². The number of nitriles is 1. The number of nitrogens with two attached hydrogens (primary N) is 1. The molecule has 0 amide bonds. The summed E-state index contributed by atoms with van der Waals surface area (Å²) in [7, 11) is 2.82. The Morgan fingerprint density at radius 3 is 2.82 bits per heavy atom. The van der Waals surface area contributed by atoms with Gasteiger partial charge < -0.3 is 20.7 Å². The minimum absolute atomic E-state index is 0.249. The first-order chi connectivity index (χ1) is 16.1. The average molecular weight is 480 g/mol. The summed E-state index contributed by atoms with van der Waals surface area (Å²) < 4.78 is 21.5. The maximum absolute atomic E-state index is 15.6. The van der Waals surface area contributed by atoms with E-state index >= 15 is 4.39 Å². The largest absolute Gasteiger partial charge is 0.400 e. The number of aliphatic imine (C=N–C) groups is 1. The maximum Gasteiger partial charge on any atom is 0.198 e. The lowest BCUT2D eigenvalue weighted by Gasteiger charge is -2.34. The lowest BCUT2D eigenvalue weighted by molar-refractivity contribution is 0.207. The van der Waals surface area contributed by atoms with E-state index in [0.717, 1.165) is 64.4 Å². The molecule has 1 aliphatic carbocycles. The third-order valence-corrected chi connectivity index (χ3v) is 8.54. The van der Waals surface area contributed by atoms with Gasteiger partial charge in [-0.25, -0.2) is 9.38 Å². The Hall–Kier alpha value is -2.59. The second kappa shape index (κ2) is 8.02. The summed E-state index contributed by atoms with van der Waals surface area (Å²) in [5.41, 5.74) is 11.9. The van der Waals surface area contributed by atoms with Crippen LogP contribution in [0.15, 0.2) is 56.0 Å². The van der Waals surface area contributed by atoms with E-state index in [-0.39, 0.29) is 11.9 Å². The highest BCUT2D eigenvalue weighted by atomic mass is 32.2. The molecule has 1 saturated heterocycles. The van der Waals surface area contributed by atoms with Gasteiger partial charge in [0.25, 0.3) is 0 Å². The van der Waals surface area contributed by atoms with Gasteiger partial charge in [-0.2, -0.15) is 5.26 Å². The second-order valence-corrected chi connectivity index (χ2v) is 10.3. The van der Waals surface area contributed by atoms with Crippen molar-refractivity contribution in [3.8, 4) is 6.07 Å². The van der Waals surface area contributed by atoms with Crippen molar-refractivity contribution in [2.24, 2.45) is 10.7 Å². The second-order valence-electron chi connectivity index (χ2n) is 8.67. The number of allylic oxidation sites excluding steroid dienone is 1. The molecule has 6 nitrogen and oxygen atoms in total. The van der Waals surface area contributed by atoms with Gasteiger partial charge in [-0.3, -0.25) is 0 Å². The van der Waals surface area contributed by atoms with Crippen LogP contribution in [0.5, 0.6) is 0 Å². The predicted octanol–water partition coefficient (Wildman–Crippen LogP) is 3.36. The van der Waals surface area contributed by atoms with Crippen molar-refractivity contribution < 1.29 is 9.13 Å². The molecule has 1 aromatic carbocycles. The molecule has 0 bridgehead atoms. The molecule has 2 unspecified atom stereocenters. The molecule has 4 aliphatic heterocycles. The molecule has 1 aromatic rings. The van der Waals surface area contributed by atoms with E-state index in [1.165, 1.54) is 17.8 Å². The van der Waals surface area contributed by atoms with E-state index in [1.54, 1.807) is 6.07 Å². The summed E-state index contributed by atoms with van der Waals surface area (Å²) in [6.45, 7) is 2.82. The zero-order valence-corrected chi connectivity index (χ0v) is 19.9. The molecule has 3 N–H and O–H groups in total. The van der Waals surface area contributed by atoms with E-state index in [1.807, 2.05) is 6.20 Å². The Balaban J connectivity index is 1.58. The number of hydrogen-bond acceptors (Lipinski definition) is 7. The molecule has 0 saturated carbocycles.